The van der Waals surface area contributed by atoms with Gasteiger partial charge in [-0.05, 0) is 36.5 Å². The second kappa shape index (κ2) is 6.02. The van der Waals surface area contributed by atoms with Gasteiger partial charge in [-0.1, -0.05) is 19.1 Å². The Kier molecular flexibility index (Phi) is 4.37. The summed E-state index contributed by atoms with van der Waals surface area (Å²) < 4.78 is 13.6. The SMILES string of the molecule is CC[C@@H](CO)NC(=O)N[C@@H]1CCc2c(F)cccc21. The van der Waals surface area contributed by atoms with Crippen LogP contribution in [0.15, 0.2) is 18.2 Å². The Morgan fingerprint density at radius 3 is 3.05 bits per heavy atom. The number of rotatable bonds is 4. The van der Waals surface area contributed by atoms with Crippen molar-refractivity contribution in [2.75, 3.05) is 6.61 Å². The van der Waals surface area contributed by atoms with E-state index >= 15 is 0 Å². The van der Waals surface area contributed by atoms with Crippen LogP contribution in [0.2, 0.25) is 0 Å². The highest BCUT2D eigenvalue weighted by Gasteiger charge is 2.26. The molecule has 2 rings (SSSR count). The van der Waals surface area contributed by atoms with Crippen molar-refractivity contribution >= 4 is 6.03 Å². The number of carbonyl (C=O) groups excluding carboxylic acids is 1. The molecule has 0 radical (unpaired) electrons. The topological polar surface area (TPSA) is 61.4 Å². The smallest absolute Gasteiger partial charge is 0.315 e. The first-order valence-electron chi connectivity index (χ1n) is 6.60. The van der Waals surface area contributed by atoms with Gasteiger partial charge < -0.3 is 15.7 Å². The van der Waals surface area contributed by atoms with Gasteiger partial charge in [0.2, 0.25) is 0 Å². The van der Waals surface area contributed by atoms with Gasteiger partial charge in [-0.15, -0.1) is 0 Å². The molecule has 0 aliphatic heterocycles. The second-order valence-corrected chi connectivity index (χ2v) is 4.80. The van der Waals surface area contributed by atoms with E-state index < -0.39 is 0 Å². The molecule has 0 saturated carbocycles. The minimum absolute atomic E-state index is 0.0835. The van der Waals surface area contributed by atoms with Gasteiger partial charge in [0.15, 0.2) is 0 Å². The summed E-state index contributed by atoms with van der Waals surface area (Å²) in [6.07, 6.45) is 2.02. The molecule has 0 heterocycles. The van der Waals surface area contributed by atoms with Gasteiger partial charge in [-0.2, -0.15) is 0 Å². The van der Waals surface area contributed by atoms with E-state index in [2.05, 4.69) is 10.6 Å². The van der Waals surface area contributed by atoms with Crippen molar-refractivity contribution in [3.63, 3.8) is 0 Å². The Morgan fingerprint density at radius 2 is 2.37 bits per heavy atom. The number of benzene rings is 1. The van der Waals surface area contributed by atoms with Gasteiger partial charge in [0.25, 0.3) is 0 Å². The summed E-state index contributed by atoms with van der Waals surface area (Å²) in [6, 6.07) is 4.24. The first-order chi connectivity index (χ1) is 9.15. The molecular weight excluding hydrogens is 247 g/mol. The van der Waals surface area contributed by atoms with Crippen molar-refractivity contribution in [2.24, 2.45) is 0 Å². The number of halogens is 1. The zero-order valence-corrected chi connectivity index (χ0v) is 10.9. The monoisotopic (exact) mass is 266 g/mol. The maximum absolute atomic E-state index is 13.6. The Hall–Kier alpha value is -1.62. The zero-order valence-electron chi connectivity index (χ0n) is 10.9. The summed E-state index contributed by atoms with van der Waals surface area (Å²) in [5.74, 6) is -0.205. The van der Waals surface area contributed by atoms with Crippen LogP contribution in [0.4, 0.5) is 9.18 Å². The molecule has 0 unspecified atom stereocenters. The summed E-state index contributed by atoms with van der Waals surface area (Å²) in [5, 5.41) is 14.6. The molecule has 104 valence electrons. The van der Waals surface area contributed by atoms with Crippen LogP contribution < -0.4 is 10.6 Å². The summed E-state index contributed by atoms with van der Waals surface area (Å²) >= 11 is 0. The third kappa shape index (κ3) is 3.04. The highest BCUT2D eigenvalue weighted by molar-refractivity contribution is 5.75. The van der Waals surface area contributed by atoms with E-state index in [1.165, 1.54) is 6.07 Å². The fourth-order valence-electron chi connectivity index (χ4n) is 2.42. The summed E-state index contributed by atoms with van der Waals surface area (Å²) in [4.78, 5) is 11.8. The molecule has 0 fully saturated rings. The zero-order chi connectivity index (χ0) is 13.8. The average Bonchev–Trinajstić information content (AvgIpc) is 2.81. The maximum atomic E-state index is 13.6. The molecular formula is C14H19FN2O2. The standard InChI is InChI=1S/C14H19FN2O2/c1-2-9(8-18)16-14(19)17-13-7-6-10-11(13)4-3-5-12(10)15/h3-5,9,13,18H,2,6-8H2,1H3,(H2,16,17,19)/t9-,13+/m0/s1. The fourth-order valence-corrected chi connectivity index (χ4v) is 2.42. The Labute approximate surface area is 112 Å². The fraction of sp³-hybridized carbons (Fsp3) is 0.500. The van der Waals surface area contributed by atoms with Crippen LogP contribution in [-0.4, -0.2) is 23.8 Å². The highest BCUT2D eigenvalue weighted by atomic mass is 19.1. The number of fused-ring (bicyclic) bond motifs is 1. The summed E-state index contributed by atoms with van der Waals surface area (Å²) in [5.41, 5.74) is 1.55. The Bertz CT molecular complexity index is 461. The molecule has 0 spiro atoms. The van der Waals surface area contributed by atoms with E-state index in [4.69, 9.17) is 5.11 Å². The van der Waals surface area contributed by atoms with E-state index in [-0.39, 0.29) is 30.5 Å². The largest absolute Gasteiger partial charge is 0.394 e. The lowest BCUT2D eigenvalue weighted by molar-refractivity contribution is 0.212. The molecule has 5 heteroatoms. The maximum Gasteiger partial charge on any atom is 0.315 e. The number of hydrogen-bond donors (Lipinski definition) is 3. The second-order valence-electron chi connectivity index (χ2n) is 4.80. The van der Waals surface area contributed by atoms with Gasteiger partial charge in [0.1, 0.15) is 5.82 Å². The molecule has 0 bridgehead atoms. The van der Waals surface area contributed by atoms with Crippen molar-refractivity contribution < 1.29 is 14.3 Å². The third-order valence-electron chi connectivity index (χ3n) is 3.57. The lowest BCUT2D eigenvalue weighted by Gasteiger charge is -2.18. The van der Waals surface area contributed by atoms with Crippen LogP contribution in [0.3, 0.4) is 0 Å². The normalized spacial score (nSPS) is 18.8. The van der Waals surface area contributed by atoms with Crippen LogP contribution in [0.25, 0.3) is 0 Å². The molecule has 2 amide bonds. The van der Waals surface area contributed by atoms with Crippen molar-refractivity contribution in [2.45, 2.75) is 38.3 Å². The Balaban J connectivity index is 1.99. The number of urea groups is 1. The van der Waals surface area contributed by atoms with Crippen molar-refractivity contribution in [3.05, 3.63) is 35.1 Å². The van der Waals surface area contributed by atoms with E-state index in [9.17, 15) is 9.18 Å². The van der Waals surface area contributed by atoms with Crippen LogP contribution in [-0.2, 0) is 6.42 Å². The number of aliphatic hydroxyl groups excluding tert-OH is 1. The van der Waals surface area contributed by atoms with Crippen molar-refractivity contribution in [1.29, 1.82) is 0 Å². The van der Waals surface area contributed by atoms with E-state index in [0.29, 0.717) is 24.8 Å². The van der Waals surface area contributed by atoms with Crippen molar-refractivity contribution in [1.82, 2.24) is 10.6 Å². The predicted molar refractivity (Wildman–Crippen MR) is 70.3 cm³/mol. The van der Waals surface area contributed by atoms with Crippen LogP contribution in [0.5, 0.6) is 0 Å². The van der Waals surface area contributed by atoms with Crippen LogP contribution >= 0.6 is 0 Å². The molecule has 0 aromatic heterocycles. The average molecular weight is 266 g/mol. The lowest BCUT2D eigenvalue weighted by Crippen LogP contribution is -2.44. The van der Waals surface area contributed by atoms with E-state index in [1.807, 2.05) is 13.0 Å². The quantitative estimate of drug-likeness (QED) is 0.779. The van der Waals surface area contributed by atoms with Gasteiger partial charge >= 0.3 is 6.03 Å². The molecule has 3 N–H and O–H groups in total. The highest BCUT2D eigenvalue weighted by Crippen LogP contribution is 2.32. The number of amides is 2. The van der Waals surface area contributed by atoms with Gasteiger partial charge in [-0.25, -0.2) is 9.18 Å². The lowest BCUT2D eigenvalue weighted by atomic mass is 10.1. The molecule has 2 atom stereocenters. The summed E-state index contributed by atoms with van der Waals surface area (Å²) in [7, 11) is 0. The van der Waals surface area contributed by atoms with E-state index in [0.717, 1.165) is 5.56 Å². The molecule has 1 aromatic rings. The molecule has 1 aromatic carbocycles. The van der Waals surface area contributed by atoms with Crippen molar-refractivity contribution in [3.8, 4) is 0 Å². The van der Waals surface area contributed by atoms with Crippen LogP contribution in [0.1, 0.15) is 36.9 Å². The minimum Gasteiger partial charge on any atom is -0.394 e. The number of aliphatic hydroxyl groups is 1. The summed E-state index contributed by atoms with van der Waals surface area (Å²) in [6.45, 7) is 1.81. The van der Waals surface area contributed by atoms with Gasteiger partial charge in [-0.3, -0.25) is 0 Å². The third-order valence-corrected chi connectivity index (χ3v) is 3.57. The molecule has 4 nitrogen and oxygen atoms in total. The number of carbonyl (C=O) groups is 1. The molecule has 1 aliphatic rings. The minimum atomic E-state index is -0.317. The number of nitrogens with one attached hydrogen (secondary N) is 2. The first kappa shape index (κ1) is 13.8. The van der Waals surface area contributed by atoms with Gasteiger partial charge in [0.05, 0.1) is 18.7 Å². The molecule has 19 heavy (non-hydrogen) atoms. The molecule has 1 aliphatic carbocycles. The first-order valence-corrected chi connectivity index (χ1v) is 6.60. The number of hydrogen-bond acceptors (Lipinski definition) is 2. The van der Waals surface area contributed by atoms with Crippen LogP contribution in [0, 0.1) is 5.82 Å². The molecule has 0 saturated heterocycles. The Morgan fingerprint density at radius 1 is 1.58 bits per heavy atom. The van der Waals surface area contributed by atoms with Gasteiger partial charge in [0, 0.05) is 0 Å². The predicted octanol–water partition coefficient (Wildman–Crippen LogP) is 1.88. The van der Waals surface area contributed by atoms with E-state index in [1.54, 1.807) is 6.07 Å².